The van der Waals surface area contributed by atoms with E-state index in [1.54, 1.807) is 6.92 Å². The van der Waals surface area contributed by atoms with Crippen LogP contribution in [-0.2, 0) is 0 Å². The van der Waals surface area contributed by atoms with Gasteiger partial charge in [-0.25, -0.2) is 4.98 Å². The second kappa shape index (κ2) is 24.1. The summed E-state index contributed by atoms with van der Waals surface area (Å²) in [6.45, 7) is 17.2. The maximum absolute atomic E-state index is 7.75. The van der Waals surface area contributed by atoms with Crippen molar-refractivity contribution in [3.8, 4) is 0 Å². The summed E-state index contributed by atoms with van der Waals surface area (Å²) < 4.78 is 0. The summed E-state index contributed by atoms with van der Waals surface area (Å²) in [7, 11) is 0. The van der Waals surface area contributed by atoms with Crippen LogP contribution in [0.1, 0.15) is 108 Å². The van der Waals surface area contributed by atoms with E-state index in [2.05, 4.69) is 81.3 Å². The summed E-state index contributed by atoms with van der Waals surface area (Å²) >= 11 is 0. The van der Waals surface area contributed by atoms with Gasteiger partial charge < -0.3 is 27.0 Å². The number of nitrogens with two attached hydrogens (primary N) is 2. The summed E-state index contributed by atoms with van der Waals surface area (Å²) in [6.07, 6.45) is 11.1. The van der Waals surface area contributed by atoms with Crippen molar-refractivity contribution in [3.05, 3.63) is 64.9 Å². The molecule has 0 saturated heterocycles. The van der Waals surface area contributed by atoms with Crippen LogP contribution in [0.3, 0.4) is 0 Å². The Kier molecular flexibility index (Phi) is 24.0. The summed E-state index contributed by atoms with van der Waals surface area (Å²) in [4.78, 5) is 4.25. The lowest BCUT2D eigenvalue weighted by Crippen LogP contribution is -2.29. The van der Waals surface area contributed by atoms with E-state index in [0.717, 1.165) is 0 Å². The molecule has 0 radical (unpaired) electrons. The van der Waals surface area contributed by atoms with E-state index >= 15 is 0 Å². The van der Waals surface area contributed by atoms with E-state index in [0.29, 0.717) is 30.4 Å². The molecule has 0 amide bonds. The molecule has 1 aromatic carbocycles. The van der Waals surface area contributed by atoms with Crippen molar-refractivity contribution in [1.82, 2.24) is 10.3 Å². The summed E-state index contributed by atoms with van der Waals surface area (Å²) in [5.41, 5.74) is 15.9. The lowest BCUT2D eigenvalue weighted by atomic mass is 9.95. The van der Waals surface area contributed by atoms with Crippen LogP contribution in [0.5, 0.6) is 0 Å². The Morgan fingerprint density at radius 3 is 2.19 bits per heavy atom. The van der Waals surface area contributed by atoms with Crippen LogP contribution < -0.4 is 16.8 Å². The number of aryl methyl sites for hydroxylation is 1. The zero-order valence-corrected chi connectivity index (χ0v) is 24.8. The SMILES string of the molecule is C/C=C\c1c(C)cccc1[C@@H](C)N[C@H]1CC[C@@H](c2ccc(N)nc2)C1.CC.CCC.CCO.NCCO. The molecule has 0 spiro atoms. The first kappa shape index (κ1) is 36.9. The lowest BCUT2D eigenvalue weighted by molar-refractivity contribution is 0.306. The third-order valence-corrected chi connectivity index (χ3v) is 5.49. The minimum absolute atomic E-state index is 0.0972. The molecular formula is C31H56N4O2. The van der Waals surface area contributed by atoms with Crippen LogP contribution in [0.25, 0.3) is 6.08 Å². The van der Waals surface area contributed by atoms with Gasteiger partial charge in [0.15, 0.2) is 0 Å². The standard InChI is InChI=1S/C22H29N3.C3H8.C2H7NO.C2H6O.C2H6/c1-4-6-20-15(2)7-5-8-21(20)16(3)25-19-11-9-17(13-19)18-10-12-22(23)24-14-18;1-3-2;3-1-2-4;1-2-3;1-2/h4-8,10,12,14,16-17,19,25H,9,11,13H2,1-3H3,(H2,23,24);3H2,1-2H3;4H,1-3H2;3H,2H2,1H3;1-2H3/b6-4-;;;;/t16-,17-,19+;;;;/m1..../s1. The molecule has 212 valence electrons. The average molecular weight is 517 g/mol. The van der Waals surface area contributed by atoms with Crippen molar-refractivity contribution in [2.75, 3.05) is 25.5 Å². The predicted octanol–water partition coefficient (Wildman–Crippen LogP) is 6.37. The summed E-state index contributed by atoms with van der Waals surface area (Å²) in [6, 6.07) is 11.5. The highest BCUT2D eigenvalue weighted by atomic mass is 16.3. The topological polar surface area (TPSA) is 117 Å². The number of benzene rings is 1. The van der Waals surface area contributed by atoms with E-state index < -0.39 is 0 Å². The molecule has 1 aliphatic carbocycles. The van der Waals surface area contributed by atoms with Crippen LogP contribution in [0, 0.1) is 6.92 Å². The summed E-state index contributed by atoms with van der Waals surface area (Å²) in [5.74, 6) is 1.19. The second-order valence-corrected chi connectivity index (χ2v) is 8.73. The number of anilines is 1. The Hall–Kier alpha value is -2.25. The number of aromatic nitrogens is 1. The Bertz CT molecular complexity index is 805. The minimum Gasteiger partial charge on any atom is -0.397 e. The fourth-order valence-electron chi connectivity index (χ4n) is 4.01. The lowest BCUT2D eigenvalue weighted by Gasteiger charge is -2.22. The highest BCUT2D eigenvalue weighted by molar-refractivity contribution is 5.58. The zero-order chi connectivity index (χ0) is 28.6. The molecule has 1 aliphatic rings. The Morgan fingerprint density at radius 1 is 1.11 bits per heavy atom. The molecule has 1 saturated carbocycles. The Labute approximate surface area is 227 Å². The fourth-order valence-corrected chi connectivity index (χ4v) is 4.01. The summed E-state index contributed by atoms with van der Waals surface area (Å²) in [5, 5.41) is 19.2. The number of aliphatic hydroxyl groups excluding tert-OH is 2. The molecule has 6 nitrogen and oxygen atoms in total. The first-order chi connectivity index (χ1) is 17.8. The first-order valence-corrected chi connectivity index (χ1v) is 13.9. The maximum Gasteiger partial charge on any atom is 0.123 e. The minimum atomic E-state index is 0.0972. The molecule has 3 atom stereocenters. The van der Waals surface area contributed by atoms with E-state index in [1.165, 1.54) is 47.9 Å². The molecule has 1 aromatic heterocycles. The van der Waals surface area contributed by atoms with Gasteiger partial charge in [-0.05, 0) is 81.2 Å². The molecule has 7 N–H and O–H groups in total. The quantitative estimate of drug-likeness (QED) is 0.304. The van der Waals surface area contributed by atoms with Crippen molar-refractivity contribution in [3.63, 3.8) is 0 Å². The maximum atomic E-state index is 7.75. The van der Waals surface area contributed by atoms with Gasteiger partial charge >= 0.3 is 0 Å². The molecule has 37 heavy (non-hydrogen) atoms. The average Bonchev–Trinajstić information content (AvgIpc) is 3.36. The van der Waals surface area contributed by atoms with Crippen LogP contribution in [0.15, 0.2) is 42.6 Å². The molecule has 1 heterocycles. The molecule has 2 aromatic rings. The van der Waals surface area contributed by atoms with Crippen molar-refractivity contribution in [1.29, 1.82) is 0 Å². The molecule has 0 unspecified atom stereocenters. The van der Waals surface area contributed by atoms with E-state index in [9.17, 15) is 0 Å². The van der Waals surface area contributed by atoms with Gasteiger partial charge in [0.2, 0.25) is 0 Å². The van der Waals surface area contributed by atoms with Crippen molar-refractivity contribution < 1.29 is 10.2 Å². The molecule has 6 heteroatoms. The van der Waals surface area contributed by atoms with Crippen molar-refractivity contribution in [2.45, 2.75) is 99.1 Å². The number of allylic oxidation sites excluding steroid dienone is 1. The molecule has 3 rings (SSSR count). The van der Waals surface area contributed by atoms with Crippen LogP contribution >= 0.6 is 0 Å². The van der Waals surface area contributed by atoms with Crippen LogP contribution in [0.4, 0.5) is 5.82 Å². The molecule has 0 aliphatic heterocycles. The fraction of sp³-hybridized carbons (Fsp3) is 0.581. The molecule has 1 fully saturated rings. The van der Waals surface area contributed by atoms with Gasteiger partial charge in [-0.1, -0.05) is 70.5 Å². The normalized spacial score (nSPS) is 16.6. The molecule has 0 bridgehead atoms. The first-order valence-electron chi connectivity index (χ1n) is 13.9. The van der Waals surface area contributed by atoms with Gasteiger partial charge in [0.1, 0.15) is 5.82 Å². The van der Waals surface area contributed by atoms with E-state index in [1.807, 2.05) is 26.1 Å². The largest absolute Gasteiger partial charge is 0.397 e. The number of nitrogens with one attached hydrogen (secondary N) is 1. The van der Waals surface area contributed by atoms with Crippen molar-refractivity contribution >= 4 is 11.9 Å². The van der Waals surface area contributed by atoms with Gasteiger partial charge in [-0.15, -0.1) is 0 Å². The van der Waals surface area contributed by atoms with E-state index in [4.69, 9.17) is 21.7 Å². The number of rotatable bonds is 6. The number of nitrogen functional groups attached to an aromatic ring is 1. The zero-order valence-electron chi connectivity index (χ0n) is 24.8. The molecular weight excluding hydrogens is 460 g/mol. The highest BCUT2D eigenvalue weighted by Gasteiger charge is 2.27. The van der Waals surface area contributed by atoms with Crippen molar-refractivity contribution in [2.24, 2.45) is 5.73 Å². The van der Waals surface area contributed by atoms with Gasteiger partial charge in [0.05, 0.1) is 6.61 Å². The second-order valence-electron chi connectivity index (χ2n) is 8.73. The number of pyridine rings is 1. The Balaban J connectivity index is 0. The number of hydrogen-bond acceptors (Lipinski definition) is 6. The van der Waals surface area contributed by atoms with Gasteiger partial charge in [0.25, 0.3) is 0 Å². The van der Waals surface area contributed by atoms with Crippen LogP contribution in [0.2, 0.25) is 0 Å². The number of aliphatic hydroxyl groups is 2. The van der Waals surface area contributed by atoms with Gasteiger partial charge in [0, 0.05) is 31.4 Å². The van der Waals surface area contributed by atoms with Gasteiger partial charge in [-0.2, -0.15) is 0 Å². The smallest absolute Gasteiger partial charge is 0.123 e. The number of hydrogen-bond donors (Lipinski definition) is 5. The van der Waals surface area contributed by atoms with E-state index in [-0.39, 0.29) is 13.2 Å². The number of nitrogens with zero attached hydrogens (tertiary/aromatic N) is 1. The van der Waals surface area contributed by atoms with Crippen LogP contribution in [-0.4, -0.2) is 41.0 Å². The Morgan fingerprint density at radius 2 is 1.70 bits per heavy atom. The predicted molar refractivity (Wildman–Crippen MR) is 163 cm³/mol. The monoisotopic (exact) mass is 516 g/mol. The van der Waals surface area contributed by atoms with Gasteiger partial charge in [-0.3, -0.25) is 0 Å². The third kappa shape index (κ3) is 15.6. The highest BCUT2D eigenvalue weighted by Crippen LogP contribution is 2.35. The third-order valence-electron chi connectivity index (χ3n) is 5.49.